The summed E-state index contributed by atoms with van der Waals surface area (Å²) in [6.07, 6.45) is -1.67. The molecule has 0 fully saturated rings. The average molecular weight is 387 g/mol. The molecule has 0 heterocycles. The third-order valence-corrected chi connectivity index (χ3v) is 4.24. The summed E-state index contributed by atoms with van der Waals surface area (Å²) < 4.78 is 46.3. The Kier molecular flexibility index (Phi) is 12.1. The first-order valence-electron chi connectivity index (χ1n) is 8.22. The zero-order valence-electron chi connectivity index (χ0n) is 15.0. The number of methoxy groups -OCH3 is 1. The molecule has 0 atom stereocenters. The molecule has 25 heavy (non-hydrogen) atoms. The topological polar surface area (TPSA) is 64.6 Å². The van der Waals surface area contributed by atoms with Crippen LogP contribution in [0.5, 0.6) is 0 Å². The van der Waals surface area contributed by atoms with Crippen molar-refractivity contribution in [3.8, 4) is 0 Å². The van der Waals surface area contributed by atoms with E-state index in [-0.39, 0.29) is 12.3 Å². The SMILES string of the molecule is COCCCOC(C)(C)C(=O)NCCCCCC(=O)SCC(F)(F)F. The molecule has 5 nitrogen and oxygen atoms in total. The molecule has 0 aliphatic carbocycles. The highest BCUT2D eigenvalue weighted by Crippen LogP contribution is 2.22. The van der Waals surface area contributed by atoms with Crippen LogP contribution in [0.25, 0.3) is 0 Å². The van der Waals surface area contributed by atoms with Crippen LogP contribution in [-0.4, -0.2) is 55.4 Å². The summed E-state index contributed by atoms with van der Waals surface area (Å²) in [7, 11) is 1.60. The molecule has 9 heteroatoms. The number of thioether (sulfide) groups is 1. The average Bonchev–Trinajstić information content (AvgIpc) is 2.52. The van der Waals surface area contributed by atoms with Gasteiger partial charge in [-0.2, -0.15) is 13.2 Å². The van der Waals surface area contributed by atoms with E-state index in [2.05, 4.69) is 5.32 Å². The molecule has 1 N–H and O–H groups in total. The van der Waals surface area contributed by atoms with E-state index in [1.54, 1.807) is 21.0 Å². The maximum absolute atomic E-state index is 12.0. The van der Waals surface area contributed by atoms with Gasteiger partial charge in [0.25, 0.3) is 5.91 Å². The van der Waals surface area contributed by atoms with E-state index in [9.17, 15) is 22.8 Å². The van der Waals surface area contributed by atoms with Crippen molar-refractivity contribution in [1.82, 2.24) is 5.32 Å². The lowest BCUT2D eigenvalue weighted by Gasteiger charge is -2.24. The van der Waals surface area contributed by atoms with E-state index in [0.717, 1.165) is 0 Å². The van der Waals surface area contributed by atoms with Gasteiger partial charge in [-0.05, 0) is 33.1 Å². The van der Waals surface area contributed by atoms with Gasteiger partial charge in [-0.15, -0.1) is 0 Å². The molecule has 0 bridgehead atoms. The van der Waals surface area contributed by atoms with E-state index < -0.39 is 22.6 Å². The van der Waals surface area contributed by atoms with E-state index in [1.165, 1.54) is 0 Å². The van der Waals surface area contributed by atoms with Gasteiger partial charge in [-0.25, -0.2) is 0 Å². The van der Waals surface area contributed by atoms with Gasteiger partial charge in [-0.1, -0.05) is 18.2 Å². The molecule has 0 spiro atoms. The van der Waals surface area contributed by atoms with Crippen LogP contribution in [0.1, 0.15) is 46.0 Å². The minimum Gasteiger partial charge on any atom is -0.385 e. The number of carbonyl (C=O) groups excluding carboxylic acids is 2. The number of carbonyl (C=O) groups is 2. The molecule has 0 aromatic heterocycles. The molecule has 0 aromatic carbocycles. The predicted octanol–water partition coefficient (Wildman–Crippen LogP) is 3.32. The quantitative estimate of drug-likeness (QED) is 0.491. The summed E-state index contributed by atoms with van der Waals surface area (Å²) in [5.41, 5.74) is -0.933. The highest BCUT2D eigenvalue weighted by Gasteiger charge is 2.29. The van der Waals surface area contributed by atoms with Crippen LogP contribution in [0.3, 0.4) is 0 Å². The molecule has 0 aliphatic heterocycles. The number of nitrogens with one attached hydrogen (secondary N) is 1. The monoisotopic (exact) mass is 387 g/mol. The fourth-order valence-corrected chi connectivity index (χ4v) is 2.43. The summed E-state index contributed by atoms with van der Waals surface area (Å²) >= 11 is 0.307. The number of halogens is 3. The van der Waals surface area contributed by atoms with Crippen molar-refractivity contribution < 1.29 is 32.2 Å². The van der Waals surface area contributed by atoms with Crippen LogP contribution < -0.4 is 5.32 Å². The van der Waals surface area contributed by atoms with Crippen LogP contribution in [0.15, 0.2) is 0 Å². The summed E-state index contributed by atoms with van der Waals surface area (Å²) in [6.45, 7) is 4.80. The van der Waals surface area contributed by atoms with Crippen LogP contribution in [0.4, 0.5) is 13.2 Å². The number of unbranched alkanes of at least 4 members (excludes halogenated alkanes) is 2. The number of amides is 1. The van der Waals surface area contributed by atoms with Crippen molar-refractivity contribution in [2.75, 3.05) is 32.6 Å². The Morgan fingerprint density at radius 1 is 1.04 bits per heavy atom. The molecule has 0 unspecified atom stereocenters. The van der Waals surface area contributed by atoms with Crippen molar-refractivity contribution >= 4 is 22.8 Å². The lowest BCUT2D eigenvalue weighted by atomic mass is 10.1. The zero-order chi connectivity index (χ0) is 19.3. The van der Waals surface area contributed by atoms with Gasteiger partial charge in [-0.3, -0.25) is 9.59 Å². The summed E-state index contributed by atoms with van der Waals surface area (Å²) in [4.78, 5) is 23.3. The minimum absolute atomic E-state index is 0.114. The normalized spacial score (nSPS) is 12.2. The van der Waals surface area contributed by atoms with Gasteiger partial charge >= 0.3 is 6.18 Å². The first kappa shape index (κ1) is 24.2. The summed E-state index contributed by atoms with van der Waals surface area (Å²) in [6, 6.07) is 0. The third-order valence-electron chi connectivity index (χ3n) is 3.24. The Bertz CT molecular complexity index is 403. The first-order chi connectivity index (χ1) is 11.6. The molecule has 0 aliphatic rings. The van der Waals surface area contributed by atoms with Crippen molar-refractivity contribution in [1.29, 1.82) is 0 Å². The largest absolute Gasteiger partial charge is 0.398 e. The molecule has 148 valence electrons. The Morgan fingerprint density at radius 2 is 1.72 bits per heavy atom. The predicted molar refractivity (Wildman–Crippen MR) is 91.5 cm³/mol. The molecule has 0 saturated carbocycles. The van der Waals surface area contributed by atoms with E-state index in [4.69, 9.17) is 9.47 Å². The van der Waals surface area contributed by atoms with Gasteiger partial charge in [0.15, 0.2) is 5.12 Å². The van der Waals surface area contributed by atoms with Crippen molar-refractivity contribution in [3.05, 3.63) is 0 Å². The van der Waals surface area contributed by atoms with E-state index in [0.29, 0.717) is 57.2 Å². The van der Waals surface area contributed by atoms with Crippen LogP contribution in [-0.2, 0) is 19.1 Å². The molecule has 0 rings (SSSR count). The summed E-state index contributed by atoms with van der Waals surface area (Å²) in [5.74, 6) is -1.36. The standard InChI is InChI=1S/C16H28F3NO4S/c1-15(2,24-11-7-10-23-3)14(22)20-9-6-4-5-8-13(21)25-12-16(17,18)19/h4-12H2,1-3H3,(H,20,22). The van der Waals surface area contributed by atoms with Crippen molar-refractivity contribution in [2.24, 2.45) is 0 Å². The second-order valence-electron chi connectivity index (χ2n) is 6.05. The molecule has 0 saturated heterocycles. The highest BCUT2D eigenvalue weighted by atomic mass is 32.2. The van der Waals surface area contributed by atoms with Crippen LogP contribution in [0.2, 0.25) is 0 Å². The smallest absolute Gasteiger partial charge is 0.385 e. The molecule has 0 aromatic rings. The van der Waals surface area contributed by atoms with E-state index in [1.807, 2.05) is 0 Å². The first-order valence-corrected chi connectivity index (χ1v) is 9.20. The Labute approximate surface area is 151 Å². The Balaban J connectivity index is 3.72. The van der Waals surface area contributed by atoms with Crippen LogP contribution in [0, 0.1) is 0 Å². The van der Waals surface area contributed by atoms with Gasteiger partial charge in [0.1, 0.15) is 5.60 Å². The van der Waals surface area contributed by atoms with Crippen molar-refractivity contribution in [2.45, 2.75) is 57.7 Å². The zero-order valence-corrected chi connectivity index (χ0v) is 15.9. The number of alkyl halides is 3. The number of rotatable bonds is 13. The number of ether oxygens (including phenoxy) is 2. The molecule has 0 radical (unpaired) electrons. The molecular weight excluding hydrogens is 359 g/mol. The minimum atomic E-state index is -4.32. The molecule has 1 amide bonds. The maximum atomic E-state index is 12.0. The number of hydrogen-bond donors (Lipinski definition) is 1. The van der Waals surface area contributed by atoms with Gasteiger partial charge < -0.3 is 14.8 Å². The Hall–Kier alpha value is -0.800. The maximum Gasteiger partial charge on any atom is 0.398 e. The fourth-order valence-electron chi connectivity index (χ4n) is 1.82. The molecular formula is C16H28F3NO4S. The Morgan fingerprint density at radius 3 is 2.32 bits per heavy atom. The van der Waals surface area contributed by atoms with E-state index >= 15 is 0 Å². The fraction of sp³-hybridized carbons (Fsp3) is 0.875. The second-order valence-corrected chi connectivity index (χ2v) is 7.08. The van der Waals surface area contributed by atoms with Crippen LogP contribution >= 0.6 is 11.8 Å². The lowest BCUT2D eigenvalue weighted by Crippen LogP contribution is -2.44. The van der Waals surface area contributed by atoms with Gasteiger partial charge in [0.2, 0.25) is 0 Å². The van der Waals surface area contributed by atoms with Gasteiger partial charge in [0.05, 0.1) is 12.4 Å². The summed E-state index contributed by atoms with van der Waals surface area (Å²) in [5, 5.41) is 2.31. The van der Waals surface area contributed by atoms with Gasteiger partial charge in [0, 0.05) is 26.7 Å². The lowest BCUT2D eigenvalue weighted by molar-refractivity contribution is -0.143. The second kappa shape index (κ2) is 12.5. The number of hydrogen-bond acceptors (Lipinski definition) is 5. The van der Waals surface area contributed by atoms with Crippen molar-refractivity contribution in [3.63, 3.8) is 0 Å². The highest BCUT2D eigenvalue weighted by molar-refractivity contribution is 8.13. The third kappa shape index (κ3) is 14.1.